The van der Waals surface area contributed by atoms with Crippen LogP contribution in [0.1, 0.15) is 17.5 Å². The van der Waals surface area contributed by atoms with Gasteiger partial charge < -0.3 is 0 Å². The zero-order valence-corrected chi connectivity index (χ0v) is 14.7. The monoisotopic (exact) mass is 367 g/mol. The number of thioether (sulfide) groups is 1. The van der Waals surface area contributed by atoms with E-state index in [4.69, 9.17) is 15.9 Å². The van der Waals surface area contributed by atoms with Crippen molar-refractivity contribution in [2.24, 2.45) is 5.16 Å². The number of aryl methyl sites for hydroxylation is 1. The fourth-order valence-corrected chi connectivity index (χ4v) is 4.10. The van der Waals surface area contributed by atoms with E-state index in [9.17, 15) is 8.42 Å². The Bertz CT molecular complexity index is 861. The van der Waals surface area contributed by atoms with E-state index in [-0.39, 0.29) is 4.90 Å². The maximum absolute atomic E-state index is 12.2. The normalized spacial score (nSPS) is 16.2. The van der Waals surface area contributed by atoms with E-state index in [2.05, 4.69) is 5.16 Å². The second-order valence-electron chi connectivity index (χ2n) is 5.12. The Morgan fingerprint density at radius 1 is 1.17 bits per heavy atom. The summed E-state index contributed by atoms with van der Waals surface area (Å²) >= 11 is 7.50. The Labute approximate surface area is 144 Å². The maximum atomic E-state index is 12.2. The zero-order chi connectivity index (χ0) is 16.4. The largest absolute Gasteiger partial charge is 0.358 e. The van der Waals surface area contributed by atoms with Gasteiger partial charge in [0, 0.05) is 27.7 Å². The molecule has 1 aliphatic heterocycles. The van der Waals surface area contributed by atoms with Crippen LogP contribution >= 0.6 is 23.4 Å². The Morgan fingerprint density at radius 3 is 2.65 bits per heavy atom. The summed E-state index contributed by atoms with van der Waals surface area (Å²) in [6.45, 7) is 1.99. The van der Waals surface area contributed by atoms with E-state index in [1.165, 1.54) is 24.3 Å². The van der Waals surface area contributed by atoms with Gasteiger partial charge in [0.15, 0.2) is 0 Å². The molecule has 0 atom stereocenters. The van der Waals surface area contributed by atoms with Crippen molar-refractivity contribution < 1.29 is 12.7 Å². The number of nitrogens with zero attached hydrogens (tertiary/aromatic N) is 1. The molecule has 7 heteroatoms. The molecule has 1 heterocycles. The highest BCUT2D eigenvalue weighted by molar-refractivity contribution is 7.99. The SMILES string of the molecule is Cc1ccc2c(c1)C(=NOS(=O)(=O)c1ccc(Cl)cc1)CCS2. The molecule has 0 radical (unpaired) electrons. The van der Waals surface area contributed by atoms with E-state index in [0.29, 0.717) is 17.2 Å². The van der Waals surface area contributed by atoms with E-state index in [1.807, 2.05) is 25.1 Å². The third-order valence-electron chi connectivity index (χ3n) is 3.39. The average Bonchev–Trinajstić information content (AvgIpc) is 2.53. The van der Waals surface area contributed by atoms with Gasteiger partial charge in [0.05, 0.1) is 5.71 Å². The second-order valence-corrected chi connectivity index (χ2v) is 8.22. The van der Waals surface area contributed by atoms with E-state index < -0.39 is 10.1 Å². The molecular formula is C16H14ClNO3S2. The number of hydrogen-bond donors (Lipinski definition) is 0. The minimum atomic E-state index is -3.94. The van der Waals surface area contributed by atoms with Crippen LogP contribution in [0.3, 0.4) is 0 Å². The lowest BCUT2D eigenvalue weighted by Crippen LogP contribution is -2.12. The zero-order valence-electron chi connectivity index (χ0n) is 12.3. The molecule has 4 nitrogen and oxygen atoms in total. The van der Waals surface area contributed by atoms with E-state index in [0.717, 1.165) is 21.8 Å². The van der Waals surface area contributed by atoms with Crippen LogP contribution < -0.4 is 0 Å². The number of fused-ring (bicyclic) bond motifs is 1. The number of halogens is 1. The maximum Gasteiger partial charge on any atom is 0.358 e. The lowest BCUT2D eigenvalue weighted by Gasteiger charge is -2.17. The minimum absolute atomic E-state index is 0.0286. The number of rotatable bonds is 3. The van der Waals surface area contributed by atoms with Gasteiger partial charge in [0.2, 0.25) is 0 Å². The third-order valence-corrected chi connectivity index (χ3v) is 5.84. The summed E-state index contributed by atoms with van der Waals surface area (Å²) in [6.07, 6.45) is 0.664. The molecule has 0 aliphatic carbocycles. The topological polar surface area (TPSA) is 55.7 Å². The standard InChI is InChI=1S/C16H14ClNO3S2/c1-11-2-7-16-14(10-11)15(8-9-22-16)18-21-23(19,20)13-5-3-12(17)4-6-13/h2-7,10H,8-9H2,1H3. The smallest absolute Gasteiger partial charge is 0.264 e. The third kappa shape index (κ3) is 3.71. The number of benzene rings is 2. The molecule has 0 unspecified atom stereocenters. The molecule has 0 spiro atoms. The van der Waals surface area contributed by atoms with Crippen molar-refractivity contribution in [2.45, 2.75) is 23.1 Å². The van der Waals surface area contributed by atoms with Crippen molar-refractivity contribution in [1.82, 2.24) is 0 Å². The molecule has 23 heavy (non-hydrogen) atoms. The Morgan fingerprint density at radius 2 is 1.91 bits per heavy atom. The fraction of sp³-hybridized carbons (Fsp3) is 0.188. The van der Waals surface area contributed by atoms with Crippen LogP contribution in [0.25, 0.3) is 0 Å². The molecule has 3 rings (SSSR count). The first kappa shape index (κ1) is 16.4. The lowest BCUT2D eigenvalue weighted by molar-refractivity contribution is 0.338. The first-order valence-electron chi connectivity index (χ1n) is 6.96. The molecule has 120 valence electrons. The molecule has 0 amide bonds. The first-order valence-corrected chi connectivity index (χ1v) is 9.73. The van der Waals surface area contributed by atoms with Gasteiger partial charge in [-0.25, -0.2) is 0 Å². The summed E-state index contributed by atoms with van der Waals surface area (Å²) in [7, 11) is -3.94. The summed E-state index contributed by atoms with van der Waals surface area (Å²) in [5.41, 5.74) is 2.69. The van der Waals surface area contributed by atoms with Crippen LogP contribution in [0.15, 0.2) is 57.4 Å². The van der Waals surface area contributed by atoms with Gasteiger partial charge in [-0.2, -0.15) is 8.42 Å². The van der Waals surface area contributed by atoms with Crippen molar-refractivity contribution >= 4 is 39.2 Å². The van der Waals surface area contributed by atoms with E-state index in [1.54, 1.807) is 11.8 Å². The minimum Gasteiger partial charge on any atom is -0.264 e. The van der Waals surface area contributed by atoms with Crippen molar-refractivity contribution in [3.8, 4) is 0 Å². The van der Waals surface area contributed by atoms with Crippen molar-refractivity contribution in [1.29, 1.82) is 0 Å². The molecule has 2 aromatic rings. The predicted molar refractivity (Wildman–Crippen MR) is 92.8 cm³/mol. The van der Waals surface area contributed by atoms with Crippen molar-refractivity contribution in [3.63, 3.8) is 0 Å². The predicted octanol–water partition coefficient (Wildman–Crippen LogP) is 4.25. The van der Waals surface area contributed by atoms with E-state index >= 15 is 0 Å². The molecule has 0 N–H and O–H groups in total. The second kappa shape index (κ2) is 6.55. The summed E-state index contributed by atoms with van der Waals surface area (Å²) < 4.78 is 29.3. The number of oxime groups is 1. The highest BCUT2D eigenvalue weighted by atomic mass is 35.5. The van der Waals surface area contributed by atoms with Gasteiger partial charge in [-0.05, 0) is 43.3 Å². The van der Waals surface area contributed by atoms with Gasteiger partial charge in [-0.1, -0.05) is 28.4 Å². The van der Waals surface area contributed by atoms with Crippen LogP contribution in [0.2, 0.25) is 5.02 Å². The van der Waals surface area contributed by atoms with Gasteiger partial charge in [-0.3, -0.25) is 4.28 Å². The van der Waals surface area contributed by atoms with Gasteiger partial charge in [0.25, 0.3) is 0 Å². The highest BCUT2D eigenvalue weighted by Crippen LogP contribution is 2.31. The molecule has 0 fully saturated rings. The van der Waals surface area contributed by atoms with Crippen LogP contribution in [0, 0.1) is 6.92 Å². The quantitative estimate of drug-likeness (QED) is 0.761. The van der Waals surface area contributed by atoms with Crippen LogP contribution in [0.4, 0.5) is 0 Å². The Kier molecular flexibility index (Phi) is 4.66. The molecule has 1 aliphatic rings. The van der Waals surface area contributed by atoms with Crippen LogP contribution in [-0.4, -0.2) is 19.9 Å². The molecule has 0 saturated heterocycles. The number of hydrogen-bond acceptors (Lipinski definition) is 5. The molecule has 0 bridgehead atoms. The summed E-state index contributed by atoms with van der Waals surface area (Å²) in [5.74, 6) is 0.846. The summed E-state index contributed by atoms with van der Waals surface area (Å²) in [6, 6.07) is 11.8. The molecule has 2 aromatic carbocycles. The fourth-order valence-electron chi connectivity index (χ4n) is 2.22. The molecular weight excluding hydrogens is 354 g/mol. The van der Waals surface area contributed by atoms with Gasteiger partial charge >= 0.3 is 10.1 Å². The first-order chi connectivity index (χ1) is 11.0. The van der Waals surface area contributed by atoms with Crippen molar-refractivity contribution in [2.75, 3.05) is 5.75 Å². The summed E-state index contributed by atoms with van der Waals surface area (Å²) in [4.78, 5) is 1.12. The average molecular weight is 368 g/mol. The molecule has 0 aromatic heterocycles. The lowest BCUT2D eigenvalue weighted by atomic mass is 10.1. The highest BCUT2D eigenvalue weighted by Gasteiger charge is 2.20. The van der Waals surface area contributed by atoms with Gasteiger partial charge in [0.1, 0.15) is 4.90 Å². The van der Waals surface area contributed by atoms with Crippen LogP contribution in [-0.2, 0) is 14.4 Å². The van der Waals surface area contributed by atoms with Crippen molar-refractivity contribution in [3.05, 3.63) is 58.6 Å². The van der Waals surface area contributed by atoms with Gasteiger partial charge in [-0.15, -0.1) is 11.8 Å². The Balaban J connectivity index is 1.89. The summed E-state index contributed by atoms with van der Waals surface area (Å²) in [5, 5.41) is 4.38. The van der Waals surface area contributed by atoms with Crippen LogP contribution in [0.5, 0.6) is 0 Å². The Hall–Kier alpha value is -1.50. The molecule has 0 saturated carbocycles.